The molecule has 2 amide bonds. The molecule has 1 saturated heterocycles. The van der Waals surface area contributed by atoms with Gasteiger partial charge in [-0.3, -0.25) is 24.1 Å². The van der Waals surface area contributed by atoms with E-state index in [0.29, 0.717) is 17.9 Å². The first-order chi connectivity index (χ1) is 18.0. The van der Waals surface area contributed by atoms with Gasteiger partial charge >= 0.3 is 11.9 Å². The Kier molecular flexibility index (Phi) is 9.28. The molecule has 1 heterocycles. The average Bonchev–Trinajstić information content (AvgIpc) is 3.11. The number of hydrogen-bond donors (Lipinski definition) is 0. The lowest BCUT2D eigenvalue weighted by Gasteiger charge is -2.29. The van der Waals surface area contributed by atoms with Crippen LogP contribution < -0.4 is 4.74 Å². The van der Waals surface area contributed by atoms with Crippen molar-refractivity contribution in [2.75, 3.05) is 13.2 Å². The number of ketones is 1. The van der Waals surface area contributed by atoms with Crippen LogP contribution in [-0.4, -0.2) is 57.2 Å². The van der Waals surface area contributed by atoms with Crippen molar-refractivity contribution < 1.29 is 33.4 Å². The van der Waals surface area contributed by atoms with Gasteiger partial charge in [-0.05, 0) is 55.3 Å². The van der Waals surface area contributed by atoms with Gasteiger partial charge in [0.1, 0.15) is 5.75 Å². The second-order valence-electron chi connectivity index (χ2n) is 8.92. The average molecular weight is 690 g/mol. The molecule has 0 aromatic heterocycles. The Labute approximate surface area is 245 Å². The number of fused-ring (bicyclic) bond motifs is 1. The summed E-state index contributed by atoms with van der Waals surface area (Å²) in [7, 11) is 0. The molecule has 4 atom stereocenters. The predicted octanol–water partition coefficient (Wildman–Crippen LogP) is 5.25. The normalized spacial score (nSPS) is 22.7. The third-order valence-electron chi connectivity index (χ3n) is 6.45. The fraction of sp³-hybridized carbons (Fsp3) is 0.346. The van der Waals surface area contributed by atoms with Crippen molar-refractivity contribution in [2.45, 2.75) is 28.9 Å². The highest BCUT2D eigenvalue weighted by atomic mass is 79.9. The molecule has 200 valence electrons. The van der Waals surface area contributed by atoms with Crippen molar-refractivity contribution >= 4 is 84.6 Å². The Morgan fingerprint density at radius 3 is 2.03 bits per heavy atom. The zero-order valence-corrected chi connectivity index (χ0v) is 24.4. The molecule has 2 fully saturated rings. The van der Waals surface area contributed by atoms with Crippen LogP contribution in [0.2, 0.25) is 10.0 Å². The molecule has 38 heavy (non-hydrogen) atoms. The second kappa shape index (κ2) is 12.3. The van der Waals surface area contributed by atoms with Gasteiger partial charge in [0.25, 0.3) is 0 Å². The first-order valence-electron chi connectivity index (χ1n) is 11.6. The number of halogens is 4. The van der Waals surface area contributed by atoms with E-state index in [9.17, 15) is 24.0 Å². The fourth-order valence-electron chi connectivity index (χ4n) is 4.39. The van der Waals surface area contributed by atoms with Crippen LogP contribution >= 0.6 is 55.1 Å². The van der Waals surface area contributed by atoms with Gasteiger partial charge in [0.05, 0.1) is 33.9 Å². The molecule has 8 nitrogen and oxygen atoms in total. The quantitative estimate of drug-likeness (QED) is 0.123. The van der Waals surface area contributed by atoms with E-state index in [1.54, 1.807) is 0 Å². The van der Waals surface area contributed by atoms with Gasteiger partial charge in [0, 0.05) is 21.8 Å². The largest absolute Gasteiger partial charge is 0.457 e. The third kappa shape index (κ3) is 6.47. The Hall–Kier alpha value is -2.27. The molecule has 4 rings (SSSR count). The number of hydrogen-bond acceptors (Lipinski definition) is 7. The van der Waals surface area contributed by atoms with Gasteiger partial charge in [0.2, 0.25) is 11.8 Å². The van der Waals surface area contributed by atoms with E-state index >= 15 is 0 Å². The van der Waals surface area contributed by atoms with Gasteiger partial charge in [0.15, 0.2) is 12.4 Å². The smallest absolute Gasteiger partial charge is 0.343 e. The minimum absolute atomic E-state index is 0.0868. The van der Waals surface area contributed by atoms with Crippen LogP contribution in [0.4, 0.5) is 0 Å². The molecule has 4 unspecified atom stereocenters. The van der Waals surface area contributed by atoms with Gasteiger partial charge in [-0.25, -0.2) is 4.79 Å². The standard InChI is InChI=1S/C26H21Br2Cl2NO7/c27-18-10-16-17(11-19(18)28)25(35)31(24(16)34)8-7-23(33)37-12-22(32)13-1-4-15(5-2-13)38-26(36)14-3-6-20(29)21(30)9-14/h1-6,9,16-19H,7-8,10-12H2. The predicted molar refractivity (Wildman–Crippen MR) is 146 cm³/mol. The number of Topliss-reactive ketones (excluding diaryl/α,β-unsaturated/α-hetero) is 1. The van der Waals surface area contributed by atoms with Crippen molar-refractivity contribution in [2.24, 2.45) is 11.8 Å². The van der Waals surface area contributed by atoms with Gasteiger partial charge in [-0.2, -0.15) is 0 Å². The van der Waals surface area contributed by atoms with Crippen molar-refractivity contribution in [1.82, 2.24) is 4.90 Å². The lowest BCUT2D eigenvalue weighted by molar-refractivity contribution is -0.145. The molecular formula is C26H21Br2Cl2NO7. The molecule has 1 aliphatic heterocycles. The van der Waals surface area contributed by atoms with Gasteiger partial charge < -0.3 is 9.47 Å². The Morgan fingerprint density at radius 1 is 0.868 bits per heavy atom. The molecular weight excluding hydrogens is 669 g/mol. The maximum Gasteiger partial charge on any atom is 0.343 e. The molecule has 2 aromatic rings. The zero-order chi connectivity index (χ0) is 27.6. The van der Waals surface area contributed by atoms with Crippen molar-refractivity contribution in [3.8, 4) is 5.75 Å². The number of amides is 2. The van der Waals surface area contributed by atoms with Crippen LogP contribution in [0, 0.1) is 11.8 Å². The summed E-state index contributed by atoms with van der Waals surface area (Å²) in [6, 6.07) is 10.1. The second-order valence-corrected chi connectivity index (χ2v) is 12.1. The molecule has 2 aromatic carbocycles. The van der Waals surface area contributed by atoms with E-state index in [2.05, 4.69) is 31.9 Å². The first kappa shape index (κ1) is 28.7. The number of benzene rings is 2. The molecule has 1 saturated carbocycles. The minimum Gasteiger partial charge on any atom is -0.457 e. The number of likely N-dealkylation sites (tertiary alicyclic amines) is 1. The topological polar surface area (TPSA) is 107 Å². The number of esters is 2. The third-order valence-corrected chi connectivity index (χ3v) is 9.92. The highest BCUT2D eigenvalue weighted by molar-refractivity contribution is 9.12. The zero-order valence-electron chi connectivity index (χ0n) is 19.7. The summed E-state index contributed by atoms with van der Waals surface area (Å²) in [4.78, 5) is 63.6. The van der Waals surface area contributed by atoms with Crippen LogP contribution in [0.1, 0.15) is 40.0 Å². The van der Waals surface area contributed by atoms with Crippen molar-refractivity contribution in [3.05, 3.63) is 63.6 Å². The monoisotopic (exact) mass is 687 g/mol. The summed E-state index contributed by atoms with van der Waals surface area (Å²) in [5.41, 5.74) is 0.456. The summed E-state index contributed by atoms with van der Waals surface area (Å²) in [6.45, 7) is -0.596. The summed E-state index contributed by atoms with van der Waals surface area (Å²) in [6.07, 6.45) is 0.894. The number of ether oxygens (including phenoxy) is 2. The highest BCUT2D eigenvalue weighted by Crippen LogP contribution is 2.43. The number of imide groups is 1. The fourth-order valence-corrected chi connectivity index (χ4v) is 5.92. The van der Waals surface area contributed by atoms with E-state index in [0.717, 1.165) is 4.90 Å². The number of carbonyl (C=O) groups excluding carboxylic acids is 5. The summed E-state index contributed by atoms with van der Waals surface area (Å²) < 4.78 is 10.3. The molecule has 0 radical (unpaired) electrons. The lowest BCUT2D eigenvalue weighted by Crippen LogP contribution is -2.34. The summed E-state index contributed by atoms with van der Waals surface area (Å²) in [5.74, 6) is -2.92. The SMILES string of the molecule is O=C(CCN1C(=O)C2CC(Br)C(Br)CC2C1=O)OCC(=O)c1ccc(OC(=O)c2ccc(Cl)c(Cl)c2)cc1. The minimum atomic E-state index is -0.697. The maximum atomic E-state index is 12.7. The van der Waals surface area contributed by atoms with Gasteiger partial charge in [-0.1, -0.05) is 55.1 Å². The Bertz CT molecular complexity index is 1260. The molecule has 12 heteroatoms. The van der Waals surface area contributed by atoms with Crippen molar-refractivity contribution in [3.63, 3.8) is 0 Å². The van der Waals surface area contributed by atoms with Crippen LogP contribution in [0.15, 0.2) is 42.5 Å². The molecule has 1 aliphatic carbocycles. The summed E-state index contributed by atoms with van der Waals surface area (Å²) >= 11 is 18.8. The van der Waals surface area contributed by atoms with E-state index in [1.165, 1.54) is 42.5 Å². The summed E-state index contributed by atoms with van der Waals surface area (Å²) in [5, 5.41) is 0.525. The Morgan fingerprint density at radius 2 is 1.45 bits per heavy atom. The lowest BCUT2D eigenvalue weighted by atomic mass is 9.81. The number of nitrogens with zero attached hydrogens (tertiary/aromatic N) is 1. The van der Waals surface area contributed by atoms with Gasteiger partial charge in [-0.15, -0.1) is 0 Å². The van der Waals surface area contributed by atoms with E-state index in [-0.39, 0.29) is 68.2 Å². The van der Waals surface area contributed by atoms with E-state index in [1.807, 2.05) is 0 Å². The van der Waals surface area contributed by atoms with E-state index < -0.39 is 24.3 Å². The van der Waals surface area contributed by atoms with Crippen molar-refractivity contribution in [1.29, 1.82) is 0 Å². The number of rotatable bonds is 8. The molecule has 0 spiro atoms. The highest BCUT2D eigenvalue weighted by Gasteiger charge is 2.51. The molecule has 0 bridgehead atoms. The Balaban J connectivity index is 1.24. The number of carbonyl (C=O) groups is 5. The van der Waals surface area contributed by atoms with Crippen LogP contribution in [0.25, 0.3) is 0 Å². The molecule has 2 aliphatic rings. The molecule has 0 N–H and O–H groups in total. The van der Waals surface area contributed by atoms with Crippen LogP contribution in [0.5, 0.6) is 5.75 Å². The van der Waals surface area contributed by atoms with E-state index in [4.69, 9.17) is 32.7 Å². The van der Waals surface area contributed by atoms with Crippen LogP contribution in [-0.2, 0) is 19.1 Å². The number of alkyl halides is 2. The van der Waals surface area contributed by atoms with Crippen LogP contribution in [0.3, 0.4) is 0 Å². The maximum absolute atomic E-state index is 12.7. The first-order valence-corrected chi connectivity index (χ1v) is 14.2.